The number of hydrogen-bond acceptors (Lipinski definition) is 2. The van der Waals surface area contributed by atoms with Gasteiger partial charge in [0.25, 0.3) is 0 Å². The largest absolute Gasteiger partial charge is 0.403 e. The van der Waals surface area contributed by atoms with Crippen molar-refractivity contribution in [3.63, 3.8) is 0 Å². The van der Waals surface area contributed by atoms with Gasteiger partial charge in [-0.3, -0.25) is 0 Å². The Bertz CT molecular complexity index is 100.0. The number of nitrogens with two attached hydrogens (primary N) is 1. The molecule has 0 unspecified atom stereocenters. The molecule has 0 aliphatic heterocycles. The fourth-order valence-electron chi connectivity index (χ4n) is 0.353. The second kappa shape index (κ2) is 2.76. The average Bonchev–Trinajstić information content (AvgIpc) is 1.64. The summed E-state index contributed by atoms with van der Waals surface area (Å²) >= 11 is 0. The van der Waals surface area contributed by atoms with Crippen molar-refractivity contribution < 1.29 is 0 Å². The Morgan fingerprint density at radius 3 is 1.89 bits per heavy atom. The van der Waals surface area contributed by atoms with Crippen LogP contribution in [0.2, 0.25) is 0 Å². The van der Waals surface area contributed by atoms with Crippen LogP contribution in [0.15, 0.2) is 12.4 Å². The molecular formula is C7H16N2. The second-order valence-corrected chi connectivity index (χ2v) is 3.12. The van der Waals surface area contributed by atoms with Crippen LogP contribution >= 0.6 is 0 Å². The molecule has 2 N–H and O–H groups in total. The zero-order chi connectivity index (χ0) is 7.49. The lowest BCUT2D eigenvalue weighted by atomic mass is 10.1. The van der Waals surface area contributed by atoms with Crippen LogP contribution in [0.25, 0.3) is 0 Å². The monoisotopic (exact) mass is 128 g/mol. The molecule has 0 spiro atoms. The van der Waals surface area contributed by atoms with Crippen molar-refractivity contribution in [1.82, 2.24) is 4.90 Å². The molecule has 0 aliphatic carbocycles. The van der Waals surface area contributed by atoms with Gasteiger partial charge >= 0.3 is 0 Å². The van der Waals surface area contributed by atoms with Crippen LogP contribution in [0.5, 0.6) is 0 Å². The molecule has 9 heavy (non-hydrogen) atoms. The lowest BCUT2D eigenvalue weighted by Gasteiger charge is -2.30. The normalized spacial score (nSPS) is 12.4. The molecular weight excluding hydrogens is 112 g/mol. The molecule has 0 aromatic heterocycles. The van der Waals surface area contributed by atoms with E-state index in [0.29, 0.717) is 0 Å². The first kappa shape index (κ1) is 8.34. The van der Waals surface area contributed by atoms with Crippen LogP contribution in [0.1, 0.15) is 20.8 Å². The zero-order valence-electron chi connectivity index (χ0n) is 6.68. The standard InChI is InChI=1S/C7H16N2/c1-7(2,3)9(4)6-5-8/h5-6H,8H2,1-4H3/b6-5-. The van der Waals surface area contributed by atoms with Crippen LogP contribution in [0.4, 0.5) is 0 Å². The third kappa shape index (κ3) is 3.01. The van der Waals surface area contributed by atoms with E-state index in [4.69, 9.17) is 5.73 Å². The molecule has 0 bridgehead atoms. The summed E-state index contributed by atoms with van der Waals surface area (Å²) in [7, 11) is 2.00. The molecule has 0 aliphatic rings. The summed E-state index contributed by atoms with van der Waals surface area (Å²) in [6.45, 7) is 6.40. The Morgan fingerprint density at radius 2 is 1.78 bits per heavy atom. The first-order chi connectivity index (χ1) is 3.98. The fourth-order valence-corrected chi connectivity index (χ4v) is 0.353. The molecule has 2 nitrogen and oxygen atoms in total. The van der Waals surface area contributed by atoms with Gasteiger partial charge in [-0.1, -0.05) is 0 Å². The van der Waals surface area contributed by atoms with E-state index in [2.05, 4.69) is 25.7 Å². The van der Waals surface area contributed by atoms with Gasteiger partial charge in [0, 0.05) is 25.0 Å². The zero-order valence-corrected chi connectivity index (χ0v) is 6.68. The molecule has 54 valence electrons. The minimum absolute atomic E-state index is 0.176. The minimum Gasteiger partial charge on any atom is -0.403 e. The summed E-state index contributed by atoms with van der Waals surface area (Å²) in [5.74, 6) is 0. The molecule has 0 aromatic rings. The van der Waals surface area contributed by atoms with E-state index in [1.54, 1.807) is 6.20 Å². The summed E-state index contributed by atoms with van der Waals surface area (Å²) in [4.78, 5) is 2.06. The predicted molar refractivity (Wildman–Crippen MR) is 40.8 cm³/mol. The second-order valence-electron chi connectivity index (χ2n) is 3.12. The van der Waals surface area contributed by atoms with Crippen molar-refractivity contribution >= 4 is 0 Å². The van der Waals surface area contributed by atoms with E-state index in [1.807, 2.05) is 13.2 Å². The van der Waals surface area contributed by atoms with E-state index in [-0.39, 0.29) is 5.54 Å². The summed E-state index contributed by atoms with van der Waals surface area (Å²) in [6, 6.07) is 0. The molecule has 0 radical (unpaired) electrons. The fraction of sp³-hybridized carbons (Fsp3) is 0.714. The predicted octanol–water partition coefficient (Wildman–Crippen LogP) is 1.15. The SMILES string of the molecule is CN(/C=C\N)C(C)(C)C. The van der Waals surface area contributed by atoms with Crippen LogP contribution in [-0.4, -0.2) is 17.5 Å². The Labute approximate surface area is 57.3 Å². The molecule has 0 fully saturated rings. The molecule has 0 heterocycles. The number of nitrogens with zero attached hydrogens (tertiary/aromatic N) is 1. The Hall–Kier alpha value is -0.660. The van der Waals surface area contributed by atoms with Gasteiger partial charge in [0.2, 0.25) is 0 Å². The van der Waals surface area contributed by atoms with Gasteiger partial charge in [0.1, 0.15) is 0 Å². The third-order valence-corrected chi connectivity index (χ3v) is 1.37. The van der Waals surface area contributed by atoms with Gasteiger partial charge in [0.05, 0.1) is 0 Å². The number of rotatable bonds is 1. The molecule has 0 atom stereocenters. The third-order valence-electron chi connectivity index (χ3n) is 1.37. The van der Waals surface area contributed by atoms with Crippen LogP contribution in [0.3, 0.4) is 0 Å². The summed E-state index contributed by atoms with van der Waals surface area (Å²) in [6.07, 6.45) is 3.41. The van der Waals surface area contributed by atoms with Crippen LogP contribution < -0.4 is 5.73 Å². The van der Waals surface area contributed by atoms with Crippen LogP contribution in [0, 0.1) is 0 Å². The number of hydrogen-bond donors (Lipinski definition) is 1. The van der Waals surface area contributed by atoms with Gasteiger partial charge in [-0.05, 0) is 20.8 Å². The van der Waals surface area contributed by atoms with Crippen molar-refractivity contribution in [2.75, 3.05) is 7.05 Å². The maximum Gasteiger partial charge on any atom is 0.0309 e. The molecule has 0 saturated heterocycles. The summed E-state index contributed by atoms with van der Waals surface area (Å²) < 4.78 is 0. The van der Waals surface area contributed by atoms with Crippen molar-refractivity contribution in [2.24, 2.45) is 5.73 Å². The molecule has 0 aromatic carbocycles. The van der Waals surface area contributed by atoms with Gasteiger partial charge < -0.3 is 10.6 Å². The van der Waals surface area contributed by atoms with Gasteiger partial charge in [-0.25, -0.2) is 0 Å². The van der Waals surface area contributed by atoms with E-state index in [9.17, 15) is 0 Å². The van der Waals surface area contributed by atoms with Gasteiger partial charge in [-0.2, -0.15) is 0 Å². The Kier molecular flexibility index (Phi) is 2.56. The molecule has 0 rings (SSSR count). The topological polar surface area (TPSA) is 29.3 Å². The lowest BCUT2D eigenvalue weighted by molar-refractivity contribution is 0.249. The molecule has 0 amide bonds. The van der Waals surface area contributed by atoms with Crippen molar-refractivity contribution in [1.29, 1.82) is 0 Å². The Balaban J connectivity index is 3.88. The van der Waals surface area contributed by atoms with E-state index in [1.165, 1.54) is 0 Å². The summed E-state index contributed by atoms with van der Waals surface area (Å²) in [5.41, 5.74) is 5.38. The quantitative estimate of drug-likeness (QED) is 0.574. The van der Waals surface area contributed by atoms with Crippen molar-refractivity contribution in [3.05, 3.63) is 12.4 Å². The smallest absolute Gasteiger partial charge is 0.0309 e. The van der Waals surface area contributed by atoms with E-state index in [0.717, 1.165) is 0 Å². The minimum atomic E-state index is 0.176. The maximum absolute atomic E-state index is 5.20. The van der Waals surface area contributed by atoms with Gasteiger partial charge in [-0.15, -0.1) is 0 Å². The van der Waals surface area contributed by atoms with Gasteiger partial charge in [0.15, 0.2) is 0 Å². The molecule has 2 heteroatoms. The van der Waals surface area contributed by atoms with Crippen LogP contribution in [-0.2, 0) is 0 Å². The highest BCUT2D eigenvalue weighted by molar-refractivity contribution is 4.84. The van der Waals surface area contributed by atoms with E-state index < -0.39 is 0 Å². The van der Waals surface area contributed by atoms with Crippen molar-refractivity contribution in [2.45, 2.75) is 26.3 Å². The highest BCUT2D eigenvalue weighted by Gasteiger charge is 2.11. The van der Waals surface area contributed by atoms with Crippen molar-refractivity contribution in [3.8, 4) is 0 Å². The Morgan fingerprint density at radius 1 is 1.33 bits per heavy atom. The first-order valence-corrected chi connectivity index (χ1v) is 3.10. The summed E-state index contributed by atoms with van der Waals surface area (Å²) in [5, 5.41) is 0. The highest BCUT2D eigenvalue weighted by atomic mass is 15.1. The first-order valence-electron chi connectivity index (χ1n) is 3.10. The average molecular weight is 128 g/mol. The van der Waals surface area contributed by atoms with E-state index >= 15 is 0 Å². The lowest BCUT2D eigenvalue weighted by Crippen LogP contribution is -2.33. The highest BCUT2D eigenvalue weighted by Crippen LogP contribution is 2.09. The maximum atomic E-state index is 5.20. The molecule has 0 saturated carbocycles.